The van der Waals surface area contributed by atoms with Crippen LogP contribution in [-0.2, 0) is 621 Å². The summed E-state index contributed by atoms with van der Waals surface area (Å²) in [6, 6.07) is 0. The standard InChI is InChI=1S/20Cr.50O/q20*+3;50*-2. The van der Waals surface area contributed by atoms with Gasteiger partial charge in [0, 0.05) is 0 Å². The molecule has 460 valence electrons. The van der Waals surface area contributed by atoms with Crippen molar-refractivity contribution < 1.29 is 621 Å². The van der Waals surface area contributed by atoms with Crippen LogP contribution in [0.4, 0.5) is 0 Å². The Labute approximate surface area is 613 Å². The van der Waals surface area contributed by atoms with Gasteiger partial charge in [0.05, 0.1) is 0 Å². The summed E-state index contributed by atoms with van der Waals surface area (Å²) in [6.45, 7) is 0. The first-order valence-electron chi connectivity index (χ1n) is 0. The van der Waals surface area contributed by atoms with Crippen molar-refractivity contribution in [1.29, 1.82) is 0 Å². The Morgan fingerprint density at radius 1 is 0.0286 bits per heavy atom. The van der Waals surface area contributed by atoms with Crippen LogP contribution >= 0.6 is 0 Å². The third-order valence-electron chi connectivity index (χ3n) is 0. The Morgan fingerprint density at radius 2 is 0.0286 bits per heavy atom. The van der Waals surface area contributed by atoms with Gasteiger partial charge in [0.25, 0.3) is 0 Å². The van der Waals surface area contributed by atoms with Gasteiger partial charge in [-0.05, 0) is 0 Å². The van der Waals surface area contributed by atoms with Crippen molar-refractivity contribution >= 4 is 0 Å². The average Bonchev–Trinajstić information content (AvgIpc) is 0. The maximum Gasteiger partial charge on any atom is 3.00 e. The first-order chi connectivity index (χ1) is 0. The molecule has 0 saturated carbocycles. The molecule has 0 aliphatic carbocycles. The minimum Gasteiger partial charge on any atom is -2.00 e. The Hall–Kier alpha value is 8.65. The van der Waals surface area contributed by atoms with E-state index in [1.165, 1.54) is 0 Å². The summed E-state index contributed by atoms with van der Waals surface area (Å²) in [5.41, 5.74) is 0. The summed E-state index contributed by atoms with van der Waals surface area (Å²) in [5.74, 6) is 0. The van der Waals surface area contributed by atoms with Crippen LogP contribution in [-0.4, -0.2) is 0 Å². The molecule has 0 unspecified atom stereocenters. The van der Waals surface area contributed by atoms with E-state index in [2.05, 4.69) is 0 Å². The van der Waals surface area contributed by atoms with Gasteiger partial charge in [-0.15, -0.1) is 0 Å². The molecule has 0 aromatic heterocycles. The second kappa shape index (κ2) is 6100. The molecule has 50 nitrogen and oxygen atoms in total. The molecule has 0 aromatic carbocycles. The van der Waals surface area contributed by atoms with Crippen molar-refractivity contribution in [3.05, 3.63) is 0 Å². The van der Waals surface area contributed by atoms with Gasteiger partial charge in [-0.25, -0.2) is 0 Å². The van der Waals surface area contributed by atoms with Crippen LogP contribution in [0.15, 0.2) is 0 Å². The maximum atomic E-state index is 0. The molecule has 0 spiro atoms. The van der Waals surface area contributed by atoms with E-state index in [0.717, 1.165) is 0 Å². The second-order valence-electron chi connectivity index (χ2n) is 0. The monoisotopic (exact) mass is 1840 g/mol. The third kappa shape index (κ3) is 5860. The molecule has 0 heterocycles. The first-order valence-corrected chi connectivity index (χ1v) is 0. The third-order valence-corrected chi connectivity index (χ3v) is 0. The van der Waals surface area contributed by atoms with E-state index in [-0.39, 0.29) is 621 Å². The van der Waals surface area contributed by atoms with Crippen LogP contribution in [0.1, 0.15) is 0 Å². The van der Waals surface area contributed by atoms with E-state index in [1.807, 2.05) is 0 Å². The first kappa shape index (κ1) is 6340. The van der Waals surface area contributed by atoms with Crippen LogP contribution in [0.2, 0.25) is 0 Å². The Balaban J connectivity index is 0. The van der Waals surface area contributed by atoms with Crippen LogP contribution in [0.25, 0.3) is 0 Å². The summed E-state index contributed by atoms with van der Waals surface area (Å²) in [6.07, 6.45) is 0. The second-order valence-corrected chi connectivity index (χ2v) is 0. The van der Waals surface area contributed by atoms with Crippen LogP contribution < -0.4 is 0 Å². The van der Waals surface area contributed by atoms with Crippen molar-refractivity contribution in [2.45, 2.75) is 0 Å². The minimum atomic E-state index is 0. The van der Waals surface area contributed by atoms with Crippen LogP contribution in [0, 0.1) is 0 Å². The molecule has 0 saturated heterocycles. The van der Waals surface area contributed by atoms with Crippen molar-refractivity contribution in [1.82, 2.24) is 0 Å². The molecular formula is Cr20O50-40. The molecule has 0 rings (SSSR count). The molecule has 0 N–H and O–H groups in total. The molecule has 0 fully saturated rings. The predicted molar refractivity (Wildman–Crippen MR) is 34.3 cm³/mol. The summed E-state index contributed by atoms with van der Waals surface area (Å²) >= 11 is 0. The van der Waals surface area contributed by atoms with Crippen molar-refractivity contribution in [3.8, 4) is 0 Å². The zero-order valence-corrected chi connectivity index (χ0v) is 54.1. The summed E-state index contributed by atoms with van der Waals surface area (Å²) in [5, 5.41) is 0. The van der Waals surface area contributed by atoms with Gasteiger partial charge in [0.15, 0.2) is 0 Å². The molecule has 70 heteroatoms. The van der Waals surface area contributed by atoms with E-state index >= 15 is 0 Å². The predicted octanol–water partition coefficient (Wildman–Crippen LogP) is -5.99. The SMILES string of the molecule is [Cr+3].[Cr+3].[Cr+3].[Cr+3].[Cr+3].[Cr+3].[Cr+3].[Cr+3].[Cr+3].[Cr+3].[Cr+3].[Cr+3].[Cr+3].[Cr+3].[Cr+3].[Cr+3].[Cr+3].[Cr+3].[Cr+3].[Cr+3].[O-2].[O-2].[O-2].[O-2].[O-2].[O-2].[O-2].[O-2].[O-2].[O-2].[O-2].[O-2].[O-2].[O-2].[O-2].[O-2].[O-2].[O-2].[O-2].[O-2].[O-2].[O-2].[O-2].[O-2].[O-2].[O-2].[O-2].[O-2].[O-2].[O-2].[O-2].[O-2].[O-2].[O-2].[O-2].[O-2].[O-2].[O-2].[O-2].[O-2].[O-2].[O-2].[O-2].[O-2].[O-2].[O-2].[O-2].[O-2].[O-2].[O-2]. The fourth-order valence-electron chi connectivity index (χ4n) is 0. The fourth-order valence-corrected chi connectivity index (χ4v) is 0. The molecule has 0 aromatic rings. The van der Waals surface area contributed by atoms with Crippen LogP contribution in [0.3, 0.4) is 0 Å². The van der Waals surface area contributed by atoms with Gasteiger partial charge in [0.2, 0.25) is 0 Å². The van der Waals surface area contributed by atoms with Gasteiger partial charge in [0.1, 0.15) is 0 Å². The molecule has 0 aliphatic heterocycles. The van der Waals surface area contributed by atoms with Crippen molar-refractivity contribution in [2.75, 3.05) is 0 Å². The Kier molecular flexibility index (Phi) is 552000. The molecule has 70 heavy (non-hydrogen) atoms. The maximum absolute atomic E-state index is 0. The molecule has 0 atom stereocenters. The van der Waals surface area contributed by atoms with Gasteiger partial charge < -0.3 is 274 Å². The quantitative estimate of drug-likeness (QED) is 0.219. The molecule has 0 amide bonds. The van der Waals surface area contributed by atoms with E-state index in [0.29, 0.717) is 0 Å². The molecule has 0 bridgehead atoms. The molecule has 0 aliphatic rings. The van der Waals surface area contributed by atoms with Crippen LogP contribution in [0.5, 0.6) is 0 Å². The minimum absolute atomic E-state index is 0. The number of hydrogen-bond donors (Lipinski definition) is 0. The van der Waals surface area contributed by atoms with Gasteiger partial charge in [-0.2, -0.15) is 0 Å². The fraction of sp³-hybridized carbons (Fsp3) is 0. The zero-order chi connectivity index (χ0) is 0. The Morgan fingerprint density at radius 3 is 0.0286 bits per heavy atom. The zero-order valence-electron chi connectivity index (χ0n) is 28.6. The average molecular weight is 1840 g/mol. The van der Waals surface area contributed by atoms with Gasteiger partial charge in [-0.1, -0.05) is 0 Å². The van der Waals surface area contributed by atoms with Crippen molar-refractivity contribution in [2.24, 2.45) is 0 Å². The smallest absolute Gasteiger partial charge is 2.00 e. The normalized spacial score (nSPS) is 0. The van der Waals surface area contributed by atoms with E-state index in [1.54, 1.807) is 0 Å². The summed E-state index contributed by atoms with van der Waals surface area (Å²) in [4.78, 5) is 0. The topological polar surface area (TPSA) is 1420 Å². The molecule has 20 radical (unpaired) electrons. The van der Waals surface area contributed by atoms with Gasteiger partial charge >= 0.3 is 347 Å². The van der Waals surface area contributed by atoms with Gasteiger partial charge in [-0.3, -0.25) is 0 Å². The number of hydrogen-bond acceptors (Lipinski definition) is 0. The summed E-state index contributed by atoms with van der Waals surface area (Å²) < 4.78 is 0. The Bertz CT molecular complexity index is 60.4. The van der Waals surface area contributed by atoms with E-state index in [9.17, 15) is 0 Å². The molecular weight excluding hydrogens is 1840 g/mol. The van der Waals surface area contributed by atoms with Crippen molar-refractivity contribution in [3.63, 3.8) is 0 Å². The van der Waals surface area contributed by atoms with E-state index < -0.39 is 0 Å². The van der Waals surface area contributed by atoms with E-state index in [4.69, 9.17) is 0 Å². The number of rotatable bonds is 0. The summed E-state index contributed by atoms with van der Waals surface area (Å²) in [7, 11) is 0. The largest absolute Gasteiger partial charge is 3.00 e.